The Bertz CT molecular complexity index is 251. The first kappa shape index (κ1) is 14.5. The number of carbonyl (C=O) groups is 1. The second-order valence-electron chi connectivity index (χ2n) is 6.17. The van der Waals surface area contributed by atoms with E-state index in [1.165, 1.54) is 6.42 Å². The minimum atomic E-state index is 0.0523. The van der Waals surface area contributed by atoms with Gasteiger partial charge in [0.15, 0.2) is 0 Å². The molecular weight excluding hydrogens is 212 g/mol. The lowest BCUT2D eigenvalue weighted by Gasteiger charge is -2.24. The van der Waals surface area contributed by atoms with E-state index in [2.05, 4.69) is 39.9 Å². The number of nitrogens with one attached hydrogen (secondary N) is 1. The van der Waals surface area contributed by atoms with Crippen molar-refractivity contribution in [2.24, 2.45) is 11.8 Å². The van der Waals surface area contributed by atoms with Gasteiger partial charge in [-0.1, -0.05) is 27.7 Å². The normalized spacial score (nSPS) is 22.9. The Hall–Kier alpha value is -0.570. The number of carbonyl (C=O) groups excluding carboxylic acids is 1. The Kier molecular flexibility index (Phi) is 5.44. The maximum Gasteiger partial charge on any atom is 0.241 e. The number of hydrogen-bond acceptors (Lipinski definition) is 2. The maximum absolute atomic E-state index is 12.2. The van der Waals surface area contributed by atoms with Crippen molar-refractivity contribution in [3.63, 3.8) is 0 Å². The minimum Gasteiger partial charge on any atom is -0.326 e. The molecule has 0 aliphatic carbocycles. The second-order valence-corrected chi connectivity index (χ2v) is 6.17. The fourth-order valence-electron chi connectivity index (χ4n) is 2.33. The Balaban J connectivity index is 2.43. The van der Waals surface area contributed by atoms with Gasteiger partial charge in [0.25, 0.3) is 0 Å². The van der Waals surface area contributed by atoms with Gasteiger partial charge in [-0.2, -0.15) is 0 Å². The van der Waals surface area contributed by atoms with Crippen molar-refractivity contribution in [3.8, 4) is 0 Å². The summed E-state index contributed by atoms with van der Waals surface area (Å²) in [6.45, 7) is 11.7. The standard InChI is InChI=1S/C14H28N2O/c1-10(2)6-7-12(5)16-9-15-13(14(16)17)8-11(3)4/h10-13,15H,6-9H2,1-5H3. The lowest BCUT2D eigenvalue weighted by atomic mass is 10.0. The molecule has 0 aromatic heterocycles. The molecule has 0 aromatic carbocycles. The Labute approximate surface area is 106 Å². The molecule has 0 spiro atoms. The van der Waals surface area contributed by atoms with E-state index >= 15 is 0 Å². The van der Waals surface area contributed by atoms with Crippen molar-refractivity contribution >= 4 is 5.91 Å². The van der Waals surface area contributed by atoms with E-state index in [-0.39, 0.29) is 6.04 Å². The minimum absolute atomic E-state index is 0.0523. The summed E-state index contributed by atoms with van der Waals surface area (Å²) in [4.78, 5) is 14.2. The van der Waals surface area contributed by atoms with Gasteiger partial charge in [0.1, 0.15) is 0 Å². The van der Waals surface area contributed by atoms with E-state index < -0.39 is 0 Å². The molecule has 2 unspecified atom stereocenters. The predicted molar refractivity (Wildman–Crippen MR) is 71.6 cm³/mol. The van der Waals surface area contributed by atoms with Gasteiger partial charge in [-0.15, -0.1) is 0 Å². The van der Waals surface area contributed by atoms with Gasteiger partial charge in [0.05, 0.1) is 12.7 Å². The molecule has 1 saturated heterocycles. The van der Waals surface area contributed by atoms with Crippen LogP contribution >= 0.6 is 0 Å². The van der Waals surface area contributed by atoms with Crippen LogP contribution in [0.4, 0.5) is 0 Å². The van der Waals surface area contributed by atoms with E-state index in [0.717, 1.165) is 25.4 Å². The summed E-state index contributed by atoms with van der Waals surface area (Å²) in [5.41, 5.74) is 0. The molecule has 0 radical (unpaired) electrons. The van der Waals surface area contributed by atoms with Crippen LogP contribution in [0.15, 0.2) is 0 Å². The van der Waals surface area contributed by atoms with Crippen LogP contribution in [0.2, 0.25) is 0 Å². The first-order valence-corrected chi connectivity index (χ1v) is 6.95. The van der Waals surface area contributed by atoms with Crippen LogP contribution in [0, 0.1) is 11.8 Å². The highest BCUT2D eigenvalue weighted by molar-refractivity contribution is 5.84. The van der Waals surface area contributed by atoms with Crippen LogP contribution in [0.1, 0.15) is 53.9 Å². The number of rotatable bonds is 6. The molecule has 1 amide bonds. The first-order valence-electron chi connectivity index (χ1n) is 6.95. The zero-order chi connectivity index (χ0) is 13.0. The third kappa shape index (κ3) is 4.30. The molecule has 1 N–H and O–H groups in total. The average molecular weight is 240 g/mol. The Morgan fingerprint density at radius 1 is 1.18 bits per heavy atom. The molecule has 1 rings (SSSR count). The highest BCUT2D eigenvalue weighted by Crippen LogP contribution is 2.18. The van der Waals surface area contributed by atoms with Crippen molar-refractivity contribution in [2.75, 3.05) is 6.67 Å². The van der Waals surface area contributed by atoms with Gasteiger partial charge in [-0.05, 0) is 38.0 Å². The van der Waals surface area contributed by atoms with Crippen LogP contribution in [0.25, 0.3) is 0 Å². The van der Waals surface area contributed by atoms with Crippen molar-refractivity contribution < 1.29 is 4.79 Å². The molecule has 3 heteroatoms. The first-order chi connectivity index (χ1) is 7.91. The Morgan fingerprint density at radius 3 is 2.35 bits per heavy atom. The molecule has 0 aromatic rings. The smallest absolute Gasteiger partial charge is 0.241 e. The largest absolute Gasteiger partial charge is 0.326 e. The average Bonchev–Trinajstić information content (AvgIpc) is 2.56. The fraction of sp³-hybridized carbons (Fsp3) is 0.929. The molecule has 2 atom stereocenters. The van der Waals surface area contributed by atoms with Gasteiger partial charge in [-0.25, -0.2) is 0 Å². The fourth-order valence-corrected chi connectivity index (χ4v) is 2.33. The highest BCUT2D eigenvalue weighted by Gasteiger charge is 2.33. The zero-order valence-corrected chi connectivity index (χ0v) is 12.0. The van der Waals surface area contributed by atoms with Gasteiger partial charge in [-0.3, -0.25) is 10.1 Å². The molecule has 100 valence electrons. The van der Waals surface area contributed by atoms with Crippen molar-refractivity contribution in [3.05, 3.63) is 0 Å². The summed E-state index contributed by atoms with van der Waals surface area (Å²) in [5, 5.41) is 3.33. The van der Waals surface area contributed by atoms with E-state index in [1.54, 1.807) is 0 Å². The second kappa shape index (κ2) is 6.39. The third-order valence-corrected chi connectivity index (χ3v) is 3.49. The summed E-state index contributed by atoms with van der Waals surface area (Å²) < 4.78 is 0. The topological polar surface area (TPSA) is 32.3 Å². The quantitative estimate of drug-likeness (QED) is 0.774. The van der Waals surface area contributed by atoms with Crippen LogP contribution in [0.3, 0.4) is 0 Å². The number of amides is 1. The molecule has 0 bridgehead atoms. The van der Waals surface area contributed by atoms with Crippen LogP contribution in [0.5, 0.6) is 0 Å². The van der Waals surface area contributed by atoms with Crippen molar-refractivity contribution in [2.45, 2.75) is 66.0 Å². The number of nitrogens with zero attached hydrogens (tertiary/aromatic N) is 1. The zero-order valence-electron chi connectivity index (χ0n) is 12.0. The molecule has 1 aliphatic rings. The SMILES string of the molecule is CC(C)CCC(C)N1CNC(CC(C)C)C1=O. The van der Waals surface area contributed by atoms with Gasteiger partial charge in [0, 0.05) is 6.04 Å². The molecule has 1 aliphatic heterocycles. The van der Waals surface area contributed by atoms with E-state index in [4.69, 9.17) is 0 Å². The summed E-state index contributed by atoms with van der Waals surface area (Å²) in [6.07, 6.45) is 3.26. The third-order valence-electron chi connectivity index (χ3n) is 3.49. The van der Waals surface area contributed by atoms with Gasteiger partial charge < -0.3 is 4.90 Å². The molecule has 0 saturated carbocycles. The van der Waals surface area contributed by atoms with Crippen LogP contribution in [-0.4, -0.2) is 29.6 Å². The molecule has 1 heterocycles. The van der Waals surface area contributed by atoms with Crippen molar-refractivity contribution in [1.29, 1.82) is 0 Å². The predicted octanol–water partition coefficient (Wildman–Crippen LogP) is 2.62. The molecule has 3 nitrogen and oxygen atoms in total. The summed E-state index contributed by atoms with van der Waals surface area (Å²) in [6, 6.07) is 0.422. The lowest BCUT2D eigenvalue weighted by molar-refractivity contribution is -0.131. The van der Waals surface area contributed by atoms with Crippen LogP contribution in [-0.2, 0) is 4.79 Å². The molecule has 1 fully saturated rings. The monoisotopic (exact) mass is 240 g/mol. The van der Waals surface area contributed by atoms with Gasteiger partial charge in [0.2, 0.25) is 5.91 Å². The van der Waals surface area contributed by atoms with Crippen LogP contribution < -0.4 is 5.32 Å². The summed E-state index contributed by atoms with van der Waals surface area (Å²) >= 11 is 0. The van der Waals surface area contributed by atoms with E-state index in [9.17, 15) is 4.79 Å². The molecular formula is C14H28N2O. The van der Waals surface area contributed by atoms with Crippen molar-refractivity contribution in [1.82, 2.24) is 10.2 Å². The van der Waals surface area contributed by atoms with Gasteiger partial charge >= 0.3 is 0 Å². The summed E-state index contributed by atoms with van der Waals surface area (Å²) in [5.74, 6) is 1.59. The van der Waals surface area contributed by atoms with E-state index in [0.29, 0.717) is 17.9 Å². The van der Waals surface area contributed by atoms with E-state index in [1.807, 2.05) is 4.90 Å². The maximum atomic E-state index is 12.2. The summed E-state index contributed by atoms with van der Waals surface area (Å²) in [7, 11) is 0. The Morgan fingerprint density at radius 2 is 1.82 bits per heavy atom. The number of hydrogen-bond donors (Lipinski definition) is 1. The lowest BCUT2D eigenvalue weighted by Crippen LogP contribution is -2.37. The highest BCUT2D eigenvalue weighted by atomic mass is 16.2. The molecule has 17 heavy (non-hydrogen) atoms.